The van der Waals surface area contributed by atoms with Gasteiger partial charge in [-0.05, 0) is 7.05 Å². The van der Waals surface area contributed by atoms with Crippen LogP contribution in [0.3, 0.4) is 0 Å². The van der Waals surface area contributed by atoms with Gasteiger partial charge in [-0.3, -0.25) is 4.79 Å². The van der Waals surface area contributed by atoms with Crippen LogP contribution >= 0.6 is 0 Å². The molecule has 7 heteroatoms. The number of morpholine rings is 1. The lowest BCUT2D eigenvalue weighted by Crippen LogP contribution is -2.47. The zero-order valence-electron chi connectivity index (χ0n) is 12.4. The normalized spacial score (nSPS) is 20.6. The first-order valence-electron chi connectivity index (χ1n) is 7.36. The highest BCUT2D eigenvalue weighted by Crippen LogP contribution is 2.12. The molecule has 0 radical (unpaired) electrons. The number of anilines is 1. The largest absolute Gasteiger partial charge is 0.378 e. The van der Waals surface area contributed by atoms with Crippen LogP contribution in [0.15, 0.2) is 12.4 Å². The van der Waals surface area contributed by atoms with E-state index >= 15 is 0 Å². The third kappa shape index (κ3) is 3.30. The van der Waals surface area contributed by atoms with Gasteiger partial charge in [0.15, 0.2) is 0 Å². The molecular weight excluding hydrogens is 270 g/mol. The third-order valence-corrected chi connectivity index (χ3v) is 3.98. The highest BCUT2D eigenvalue weighted by Gasteiger charge is 2.22. The molecule has 3 heterocycles. The monoisotopic (exact) mass is 291 g/mol. The fourth-order valence-electron chi connectivity index (χ4n) is 2.56. The number of ether oxygens (including phenoxy) is 1. The van der Waals surface area contributed by atoms with E-state index in [0.717, 1.165) is 45.1 Å². The smallest absolute Gasteiger partial charge is 0.274 e. The lowest BCUT2D eigenvalue weighted by atomic mass is 10.3. The number of rotatable bonds is 2. The molecule has 1 aromatic rings. The molecule has 0 bridgehead atoms. The summed E-state index contributed by atoms with van der Waals surface area (Å²) >= 11 is 0. The summed E-state index contributed by atoms with van der Waals surface area (Å²) in [5.41, 5.74) is 0.427. The average Bonchev–Trinajstić information content (AvgIpc) is 2.56. The molecule has 2 saturated heterocycles. The van der Waals surface area contributed by atoms with Crippen molar-refractivity contribution in [1.29, 1.82) is 0 Å². The molecule has 2 aliphatic heterocycles. The van der Waals surface area contributed by atoms with Crippen molar-refractivity contribution in [3.05, 3.63) is 18.1 Å². The standard InChI is InChI=1S/C14H21N5O2/c1-17-2-4-19(5-3-17)14(20)12-10-16-13(11-15-12)18-6-8-21-9-7-18/h10-11H,2-9H2,1H3. The Morgan fingerprint density at radius 3 is 2.38 bits per heavy atom. The number of likely N-dealkylation sites (N-methyl/N-ethyl adjacent to an activating group) is 1. The average molecular weight is 291 g/mol. The lowest BCUT2D eigenvalue weighted by molar-refractivity contribution is 0.0657. The molecule has 0 saturated carbocycles. The third-order valence-electron chi connectivity index (χ3n) is 3.98. The fraction of sp³-hybridized carbons (Fsp3) is 0.643. The zero-order valence-corrected chi connectivity index (χ0v) is 12.4. The number of nitrogens with zero attached hydrogens (tertiary/aromatic N) is 5. The molecule has 3 rings (SSSR count). The second-order valence-corrected chi connectivity index (χ2v) is 5.45. The summed E-state index contributed by atoms with van der Waals surface area (Å²) in [6, 6.07) is 0. The molecule has 0 spiro atoms. The van der Waals surface area contributed by atoms with Crippen molar-refractivity contribution >= 4 is 11.7 Å². The van der Waals surface area contributed by atoms with Crippen molar-refractivity contribution in [2.24, 2.45) is 0 Å². The maximum absolute atomic E-state index is 12.4. The van der Waals surface area contributed by atoms with Gasteiger partial charge in [0.2, 0.25) is 0 Å². The molecule has 1 aromatic heterocycles. The molecule has 114 valence electrons. The minimum Gasteiger partial charge on any atom is -0.378 e. The van der Waals surface area contributed by atoms with Crippen LogP contribution in [0.4, 0.5) is 5.82 Å². The van der Waals surface area contributed by atoms with Gasteiger partial charge >= 0.3 is 0 Å². The topological polar surface area (TPSA) is 61.8 Å². The van der Waals surface area contributed by atoms with Crippen LogP contribution < -0.4 is 4.90 Å². The van der Waals surface area contributed by atoms with Gasteiger partial charge in [-0.1, -0.05) is 0 Å². The molecule has 2 aliphatic rings. The van der Waals surface area contributed by atoms with Gasteiger partial charge in [0.1, 0.15) is 11.5 Å². The van der Waals surface area contributed by atoms with Crippen LogP contribution in [0.2, 0.25) is 0 Å². The second-order valence-electron chi connectivity index (χ2n) is 5.45. The Kier molecular flexibility index (Phi) is 4.31. The molecule has 7 nitrogen and oxygen atoms in total. The van der Waals surface area contributed by atoms with Gasteiger partial charge in [-0.25, -0.2) is 9.97 Å². The molecule has 0 unspecified atom stereocenters. The van der Waals surface area contributed by atoms with Crippen LogP contribution in [-0.2, 0) is 4.74 Å². The van der Waals surface area contributed by atoms with Crippen LogP contribution in [0.25, 0.3) is 0 Å². The number of aromatic nitrogens is 2. The summed E-state index contributed by atoms with van der Waals surface area (Å²) in [5, 5.41) is 0. The first-order chi connectivity index (χ1) is 10.2. The van der Waals surface area contributed by atoms with Crippen LogP contribution in [-0.4, -0.2) is 85.2 Å². The number of hydrogen-bond acceptors (Lipinski definition) is 6. The van der Waals surface area contributed by atoms with Crippen molar-refractivity contribution in [3.63, 3.8) is 0 Å². The minimum absolute atomic E-state index is 0.0240. The van der Waals surface area contributed by atoms with Gasteiger partial charge < -0.3 is 19.4 Å². The number of carbonyl (C=O) groups is 1. The Hall–Kier alpha value is -1.73. The number of amides is 1. The molecule has 1 amide bonds. The molecule has 0 aliphatic carbocycles. The van der Waals surface area contributed by atoms with Gasteiger partial charge in [0.05, 0.1) is 25.6 Å². The first kappa shape index (κ1) is 14.2. The Morgan fingerprint density at radius 1 is 1.05 bits per heavy atom. The Bertz CT molecular complexity index is 479. The summed E-state index contributed by atoms with van der Waals surface area (Å²) in [6.45, 7) is 6.38. The van der Waals surface area contributed by atoms with Crippen molar-refractivity contribution < 1.29 is 9.53 Å². The first-order valence-corrected chi connectivity index (χ1v) is 7.36. The molecule has 0 atom stereocenters. The molecule has 0 aromatic carbocycles. The highest BCUT2D eigenvalue weighted by molar-refractivity contribution is 5.92. The summed E-state index contributed by atoms with van der Waals surface area (Å²) in [7, 11) is 2.07. The molecule has 2 fully saturated rings. The van der Waals surface area contributed by atoms with Crippen LogP contribution in [0.1, 0.15) is 10.5 Å². The van der Waals surface area contributed by atoms with Crippen molar-refractivity contribution in [1.82, 2.24) is 19.8 Å². The van der Waals surface area contributed by atoms with Gasteiger partial charge in [-0.2, -0.15) is 0 Å². The second kappa shape index (κ2) is 6.36. The number of hydrogen-bond donors (Lipinski definition) is 0. The maximum atomic E-state index is 12.4. The molecular formula is C14H21N5O2. The predicted octanol–water partition coefficient (Wildman–Crippen LogP) is -0.299. The summed E-state index contributed by atoms with van der Waals surface area (Å²) < 4.78 is 5.32. The molecule has 21 heavy (non-hydrogen) atoms. The van der Waals surface area contributed by atoms with Crippen LogP contribution in [0, 0.1) is 0 Å². The van der Waals surface area contributed by atoms with E-state index in [-0.39, 0.29) is 5.91 Å². The van der Waals surface area contributed by atoms with E-state index in [2.05, 4.69) is 26.8 Å². The summed E-state index contributed by atoms with van der Waals surface area (Å²) in [6.07, 6.45) is 3.28. The van der Waals surface area contributed by atoms with E-state index in [1.807, 2.05) is 4.90 Å². The van der Waals surface area contributed by atoms with Crippen molar-refractivity contribution in [3.8, 4) is 0 Å². The Balaban J connectivity index is 1.64. The summed E-state index contributed by atoms with van der Waals surface area (Å²) in [5.74, 6) is 0.789. The number of carbonyl (C=O) groups excluding carboxylic acids is 1. The van der Waals surface area contributed by atoms with Gasteiger partial charge in [0, 0.05) is 39.3 Å². The SMILES string of the molecule is CN1CCN(C(=O)c2cnc(N3CCOCC3)cn2)CC1. The molecule has 0 N–H and O–H groups in total. The number of piperazine rings is 1. The Labute approximate surface area is 124 Å². The van der Waals surface area contributed by atoms with E-state index in [9.17, 15) is 4.79 Å². The summed E-state index contributed by atoms with van der Waals surface area (Å²) in [4.78, 5) is 27.2. The Morgan fingerprint density at radius 2 is 1.76 bits per heavy atom. The van der Waals surface area contributed by atoms with Crippen molar-refractivity contribution in [2.45, 2.75) is 0 Å². The van der Waals surface area contributed by atoms with E-state index in [1.54, 1.807) is 12.4 Å². The van der Waals surface area contributed by atoms with E-state index in [1.165, 1.54) is 0 Å². The van der Waals surface area contributed by atoms with Gasteiger partial charge in [-0.15, -0.1) is 0 Å². The quantitative estimate of drug-likeness (QED) is 0.745. The van der Waals surface area contributed by atoms with Crippen LogP contribution in [0.5, 0.6) is 0 Å². The lowest BCUT2D eigenvalue weighted by Gasteiger charge is -2.32. The fourth-order valence-corrected chi connectivity index (χ4v) is 2.56. The highest BCUT2D eigenvalue weighted by atomic mass is 16.5. The van der Waals surface area contributed by atoms with E-state index in [0.29, 0.717) is 18.9 Å². The van der Waals surface area contributed by atoms with Gasteiger partial charge in [0.25, 0.3) is 5.91 Å². The van der Waals surface area contributed by atoms with E-state index < -0.39 is 0 Å². The predicted molar refractivity (Wildman–Crippen MR) is 78.5 cm³/mol. The van der Waals surface area contributed by atoms with Crippen molar-refractivity contribution in [2.75, 3.05) is 64.4 Å². The minimum atomic E-state index is -0.0240. The maximum Gasteiger partial charge on any atom is 0.274 e. The van der Waals surface area contributed by atoms with E-state index in [4.69, 9.17) is 4.74 Å². The zero-order chi connectivity index (χ0) is 14.7.